The molecule has 1 heterocycles. The van der Waals surface area contributed by atoms with Crippen molar-refractivity contribution in [3.63, 3.8) is 0 Å². The summed E-state index contributed by atoms with van der Waals surface area (Å²) in [6.07, 6.45) is 3.57. The van der Waals surface area contributed by atoms with Gasteiger partial charge in [-0.05, 0) is 29.7 Å². The quantitative estimate of drug-likeness (QED) is 0.774. The second-order valence-electron chi connectivity index (χ2n) is 4.42. The van der Waals surface area contributed by atoms with Crippen molar-refractivity contribution in [1.29, 1.82) is 0 Å². The van der Waals surface area contributed by atoms with Gasteiger partial charge in [0.05, 0.1) is 12.6 Å². The maximum atomic E-state index is 5.55. The fraction of sp³-hybridized carbons (Fsp3) is 0.900. The lowest BCUT2D eigenvalue weighted by atomic mass is 10.0. The lowest BCUT2D eigenvalue weighted by molar-refractivity contribution is 0.401. The zero-order valence-electron chi connectivity index (χ0n) is 9.85. The van der Waals surface area contributed by atoms with Crippen LogP contribution in [0, 0.1) is 5.92 Å². The van der Waals surface area contributed by atoms with E-state index in [4.69, 9.17) is 5.73 Å². The van der Waals surface area contributed by atoms with Crippen molar-refractivity contribution in [1.82, 2.24) is 20.2 Å². The number of rotatable bonds is 6. The van der Waals surface area contributed by atoms with Crippen LogP contribution >= 0.6 is 0 Å². The lowest BCUT2D eigenvalue weighted by Gasteiger charge is -2.13. The van der Waals surface area contributed by atoms with Crippen molar-refractivity contribution >= 4 is 0 Å². The number of nitrogens with two attached hydrogens (primary N) is 1. The fourth-order valence-corrected chi connectivity index (χ4v) is 1.63. The molecule has 1 atom stereocenters. The van der Waals surface area contributed by atoms with Gasteiger partial charge in [-0.15, -0.1) is 5.10 Å². The highest BCUT2D eigenvalue weighted by molar-refractivity contribution is 4.81. The molecule has 0 bridgehead atoms. The molecular weight excluding hydrogens is 190 g/mol. The molecule has 0 aliphatic carbocycles. The van der Waals surface area contributed by atoms with E-state index in [0.717, 1.165) is 18.2 Å². The second-order valence-corrected chi connectivity index (χ2v) is 4.42. The van der Waals surface area contributed by atoms with E-state index in [-0.39, 0.29) is 0 Å². The Morgan fingerprint density at radius 2 is 2.00 bits per heavy atom. The third-order valence-electron chi connectivity index (χ3n) is 2.56. The Labute approximate surface area is 91.0 Å². The number of hydrogen-bond acceptors (Lipinski definition) is 4. The molecule has 0 aromatic carbocycles. The molecule has 0 radical (unpaired) electrons. The van der Waals surface area contributed by atoms with E-state index in [1.54, 1.807) is 0 Å². The monoisotopic (exact) mass is 211 g/mol. The molecule has 86 valence electrons. The summed E-state index contributed by atoms with van der Waals surface area (Å²) >= 11 is 0. The Hall–Kier alpha value is -0.970. The number of tetrazole rings is 1. The molecule has 1 aromatic rings. The predicted molar refractivity (Wildman–Crippen MR) is 59.1 cm³/mol. The van der Waals surface area contributed by atoms with Crippen LogP contribution in [0.25, 0.3) is 0 Å². The van der Waals surface area contributed by atoms with E-state index in [1.807, 2.05) is 4.68 Å². The predicted octanol–water partition coefficient (Wildman–Crippen LogP) is 1.52. The first-order valence-electron chi connectivity index (χ1n) is 5.62. The SMILES string of the molecule is CC(C)CCCC(C)n1nnnc1CN. The topological polar surface area (TPSA) is 69.6 Å². The van der Waals surface area contributed by atoms with Crippen molar-refractivity contribution < 1.29 is 0 Å². The van der Waals surface area contributed by atoms with Crippen LogP contribution in [0.5, 0.6) is 0 Å². The minimum Gasteiger partial charge on any atom is -0.324 e. The van der Waals surface area contributed by atoms with E-state index >= 15 is 0 Å². The van der Waals surface area contributed by atoms with Crippen LogP contribution in [-0.2, 0) is 6.54 Å². The van der Waals surface area contributed by atoms with Crippen LogP contribution in [0.2, 0.25) is 0 Å². The maximum Gasteiger partial charge on any atom is 0.165 e. The van der Waals surface area contributed by atoms with Gasteiger partial charge in [0.1, 0.15) is 0 Å². The molecule has 0 saturated heterocycles. The summed E-state index contributed by atoms with van der Waals surface area (Å²) in [5, 5.41) is 11.5. The normalized spacial score (nSPS) is 13.4. The third-order valence-corrected chi connectivity index (χ3v) is 2.56. The first kappa shape index (κ1) is 12.1. The largest absolute Gasteiger partial charge is 0.324 e. The molecule has 0 fully saturated rings. The third kappa shape index (κ3) is 3.58. The molecule has 1 aromatic heterocycles. The molecule has 0 amide bonds. The smallest absolute Gasteiger partial charge is 0.165 e. The highest BCUT2D eigenvalue weighted by Gasteiger charge is 2.11. The summed E-state index contributed by atoms with van der Waals surface area (Å²) in [7, 11) is 0. The van der Waals surface area contributed by atoms with Gasteiger partial charge in [0.15, 0.2) is 5.82 Å². The van der Waals surface area contributed by atoms with E-state index in [9.17, 15) is 0 Å². The molecule has 5 nitrogen and oxygen atoms in total. The van der Waals surface area contributed by atoms with E-state index < -0.39 is 0 Å². The lowest BCUT2D eigenvalue weighted by Crippen LogP contribution is -2.14. The molecule has 0 aliphatic heterocycles. The number of hydrogen-bond donors (Lipinski definition) is 1. The summed E-state index contributed by atoms with van der Waals surface area (Å²) in [4.78, 5) is 0. The summed E-state index contributed by atoms with van der Waals surface area (Å²) in [5.41, 5.74) is 5.55. The van der Waals surface area contributed by atoms with Gasteiger partial charge in [-0.1, -0.05) is 26.7 Å². The minimum atomic E-state index is 0.345. The molecule has 0 aliphatic rings. The Morgan fingerprint density at radius 1 is 1.27 bits per heavy atom. The van der Waals surface area contributed by atoms with Gasteiger partial charge >= 0.3 is 0 Å². The average Bonchev–Trinajstić information content (AvgIpc) is 2.64. The second kappa shape index (κ2) is 5.80. The van der Waals surface area contributed by atoms with Gasteiger partial charge in [-0.2, -0.15) is 0 Å². The number of aromatic nitrogens is 4. The Kier molecular flexibility index (Phi) is 4.68. The number of nitrogens with zero attached hydrogens (tertiary/aromatic N) is 4. The summed E-state index contributed by atoms with van der Waals surface area (Å²) in [5.74, 6) is 1.53. The van der Waals surface area contributed by atoms with Crippen molar-refractivity contribution in [3.05, 3.63) is 5.82 Å². The first-order chi connectivity index (χ1) is 7.15. The van der Waals surface area contributed by atoms with Gasteiger partial charge in [-0.3, -0.25) is 0 Å². The standard InChI is InChI=1S/C10H21N5/c1-8(2)5-4-6-9(3)15-10(7-11)12-13-14-15/h8-9H,4-7,11H2,1-3H3. The van der Waals surface area contributed by atoms with E-state index in [0.29, 0.717) is 12.6 Å². The average molecular weight is 211 g/mol. The van der Waals surface area contributed by atoms with Crippen LogP contribution in [0.3, 0.4) is 0 Å². The Bertz CT molecular complexity index is 281. The van der Waals surface area contributed by atoms with Crippen molar-refractivity contribution in [2.24, 2.45) is 11.7 Å². The van der Waals surface area contributed by atoms with E-state index in [2.05, 4.69) is 36.3 Å². The van der Waals surface area contributed by atoms with E-state index in [1.165, 1.54) is 12.8 Å². The van der Waals surface area contributed by atoms with Crippen LogP contribution in [-0.4, -0.2) is 20.2 Å². The van der Waals surface area contributed by atoms with Gasteiger partial charge in [0, 0.05) is 0 Å². The highest BCUT2D eigenvalue weighted by Crippen LogP contribution is 2.16. The van der Waals surface area contributed by atoms with Gasteiger partial charge in [-0.25, -0.2) is 4.68 Å². The molecule has 15 heavy (non-hydrogen) atoms. The van der Waals surface area contributed by atoms with Crippen molar-refractivity contribution in [2.45, 2.75) is 52.6 Å². The van der Waals surface area contributed by atoms with Crippen molar-refractivity contribution in [2.75, 3.05) is 0 Å². The molecule has 0 spiro atoms. The van der Waals surface area contributed by atoms with Crippen molar-refractivity contribution in [3.8, 4) is 0 Å². The first-order valence-corrected chi connectivity index (χ1v) is 5.62. The fourth-order valence-electron chi connectivity index (χ4n) is 1.63. The molecule has 1 rings (SSSR count). The Balaban J connectivity index is 2.43. The van der Waals surface area contributed by atoms with Gasteiger partial charge < -0.3 is 5.73 Å². The van der Waals surface area contributed by atoms with Crippen LogP contribution in [0.15, 0.2) is 0 Å². The molecule has 5 heteroatoms. The van der Waals surface area contributed by atoms with Gasteiger partial charge in [0.25, 0.3) is 0 Å². The summed E-state index contributed by atoms with van der Waals surface area (Å²) < 4.78 is 1.83. The maximum absolute atomic E-state index is 5.55. The van der Waals surface area contributed by atoms with Crippen LogP contribution in [0.1, 0.15) is 51.9 Å². The van der Waals surface area contributed by atoms with Crippen LogP contribution in [0.4, 0.5) is 0 Å². The summed E-state index contributed by atoms with van der Waals surface area (Å²) in [6, 6.07) is 0.345. The zero-order valence-corrected chi connectivity index (χ0v) is 9.85. The minimum absolute atomic E-state index is 0.345. The molecular formula is C10H21N5. The zero-order chi connectivity index (χ0) is 11.3. The molecule has 2 N–H and O–H groups in total. The highest BCUT2D eigenvalue weighted by atomic mass is 15.5. The molecule has 1 unspecified atom stereocenters. The molecule has 0 saturated carbocycles. The van der Waals surface area contributed by atoms with Crippen LogP contribution < -0.4 is 5.73 Å². The Morgan fingerprint density at radius 3 is 2.60 bits per heavy atom. The summed E-state index contributed by atoms with van der Waals surface area (Å²) in [6.45, 7) is 7.03. The van der Waals surface area contributed by atoms with Gasteiger partial charge in [0.2, 0.25) is 0 Å².